The summed E-state index contributed by atoms with van der Waals surface area (Å²) in [7, 11) is 0. The summed E-state index contributed by atoms with van der Waals surface area (Å²) in [5.74, 6) is 0. The average Bonchev–Trinajstić information content (AvgIpc) is 2.01. The molecule has 0 spiro atoms. The third-order valence-electron chi connectivity index (χ3n) is 2.61. The van der Waals surface area contributed by atoms with Gasteiger partial charge in [-0.2, -0.15) is 28.3 Å². The van der Waals surface area contributed by atoms with Gasteiger partial charge in [0, 0.05) is 32.7 Å². The Bertz CT molecular complexity index is 305. The average molecular weight is 251 g/mol. The van der Waals surface area contributed by atoms with Crippen LogP contribution >= 0.6 is 0 Å². The minimum Gasteiger partial charge on any atom is -0.337 e. The second-order valence-electron chi connectivity index (χ2n) is 3.31. The molecule has 0 aliphatic rings. The van der Waals surface area contributed by atoms with Crippen molar-refractivity contribution in [1.82, 2.24) is 0 Å². The van der Waals surface area contributed by atoms with Gasteiger partial charge in [0.1, 0.15) is 0 Å². The van der Waals surface area contributed by atoms with Gasteiger partial charge in [0.2, 0.25) is 0 Å². The molecule has 0 saturated heterocycles. The Morgan fingerprint density at radius 2 is 1.54 bits per heavy atom. The second kappa shape index (κ2) is 5.24. The first-order chi connectivity index (χ1) is 5.57. The number of aryl methyl sites for hydroxylation is 2. The Hall–Kier alpha value is 0.284. The van der Waals surface area contributed by atoms with Crippen molar-refractivity contribution in [3.63, 3.8) is 0 Å². The van der Waals surface area contributed by atoms with Gasteiger partial charge in [-0.3, -0.25) is 0 Å². The standard InChI is InChI=1S/C11H16N.Y/c1-7-5-8(2)11(6-12)10(4)9(7)3;/h6,12H2,1-4H3;/q-1;. The van der Waals surface area contributed by atoms with Gasteiger partial charge in [0.25, 0.3) is 0 Å². The van der Waals surface area contributed by atoms with E-state index in [1.165, 1.54) is 27.8 Å². The number of benzene rings is 1. The van der Waals surface area contributed by atoms with Crippen LogP contribution in [0.2, 0.25) is 0 Å². The number of hydrogen-bond donors (Lipinski definition) is 1. The zero-order valence-electron chi connectivity index (χ0n) is 8.86. The second-order valence-corrected chi connectivity index (χ2v) is 3.31. The fraction of sp³-hybridized carbons (Fsp3) is 0.455. The van der Waals surface area contributed by atoms with E-state index in [4.69, 9.17) is 5.73 Å². The van der Waals surface area contributed by atoms with Crippen LogP contribution in [-0.4, -0.2) is 0 Å². The van der Waals surface area contributed by atoms with Crippen LogP contribution < -0.4 is 5.73 Å². The topological polar surface area (TPSA) is 26.0 Å². The summed E-state index contributed by atoms with van der Waals surface area (Å²) >= 11 is 0. The maximum absolute atomic E-state index is 5.65. The van der Waals surface area contributed by atoms with Gasteiger partial charge in [-0.1, -0.05) is 27.7 Å². The summed E-state index contributed by atoms with van der Waals surface area (Å²) in [6.45, 7) is 9.04. The molecule has 0 aliphatic carbocycles. The molecule has 0 atom stereocenters. The molecule has 1 nitrogen and oxygen atoms in total. The van der Waals surface area contributed by atoms with E-state index in [-0.39, 0.29) is 32.7 Å². The number of nitrogens with two attached hydrogens (primary N) is 1. The van der Waals surface area contributed by atoms with Crippen LogP contribution in [0.15, 0.2) is 0 Å². The van der Waals surface area contributed by atoms with Crippen LogP contribution in [0, 0.1) is 33.8 Å². The molecule has 1 rings (SSSR count). The van der Waals surface area contributed by atoms with Crippen LogP contribution in [-0.2, 0) is 39.3 Å². The van der Waals surface area contributed by atoms with Crippen molar-refractivity contribution in [1.29, 1.82) is 0 Å². The molecule has 0 heterocycles. The molecule has 2 N–H and O–H groups in total. The zero-order chi connectivity index (χ0) is 9.30. The molecule has 0 aromatic heterocycles. The van der Waals surface area contributed by atoms with E-state index >= 15 is 0 Å². The van der Waals surface area contributed by atoms with Gasteiger partial charge in [0.05, 0.1) is 0 Å². The zero-order valence-corrected chi connectivity index (χ0v) is 11.7. The van der Waals surface area contributed by atoms with Gasteiger partial charge < -0.3 is 5.73 Å². The summed E-state index contributed by atoms with van der Waals surface area (Å²) in [6.07, 6.45) is 0. The minimum atomic E-state index is 0. The first-order valence-corrected chi connectivity index (χ1v) is 4.26. The van der Waals surface area contributed by atoms with E-state index in [1.54, 1.807) is 0 Å². The molecule has 1 aromatic carbocycles. The molecule has 0 bridgehead atoms. The normalized spacial score (nSPS) is 9.62. The SMILES string of the molecule is Cc1[c-]c(C)c(CN)c(C)c1C.[Y]. The van der Waals surface area contributed by atoms with Crippen molar-refractivity contribution >= 4 is 0 Å². The molecule has 0 aliphatic heterocycles. The third kappa shape index (κ3) is 2.62. The van der Waals surface area contributed by atoms with Crippen molar-refractivity contribution in [3.8, 4) is 0 Å². The third-order valence-corrected chi connectivity index (χ3v) is 2.61. The van der Waals surface area contributed by atoms with E-state index in [0.29, 0.717) is 6.54 Å². The van der Waals surface area contributed by atoms with Crippen molar-refractivity contribution in [2.45, 2.75) is 34.2 Å². The first kappa shape index (κ1) is 13.3. The smallest absolute Gasteiger partial charge is 0 e. The fourth-order valence-corrected chi connectivity index (χ4v) is 1.55. The van der Waals surface area contributed by atoms with E-state index in [9.17, 15) is 0 Å². The van der Waals surface area contributed by atoms with E-state index in [0.717, 1.165) is 0 Å². The van der Waals surface area contributed by atoms with Crippen LogP contribution in [0.5, 0.6) is 0 Å². The Kier molecular flexibility index (Phi) is 5.35. The Labute approximate surface area is 106 Å². The number of hydrogen-bond acceptors (Lipinski definition) is 1. The van der Waals surface area contributed by atoms with Gasteiger partial charge in [-0.15, -0.1) is 5.56 Å². The van der Waals surface area contributed by atoms with Gasteiger partial charge in [0.15, 0.2) is 0 Å². The molecule has 0 fully saturated rings. The van der Waals surface area contributed by atoms with Crippen LogP contribution in [0.4, 0.5) is 0 Å². The van der Waals surface area contributed by atoms with Gasteiger partial charge in [-0.05, 0) is 6.54 Å². The monoisotopic (exact) mass is 251 g/mol. The fourth-order valence-electron chi connectivity index (χ4n) is 1.55. The summed E-state index contributed by atoms with van der Waals surface area (Å²) in [5.41, 5.74) is 12.0. The largest absolute Gasteiger partial charge is 0.337 e. The van der Waals surface area contributed by atoms with Crippen molar-refractivity contribution in [3.05, 3.63) is 33.9 Å². The van der Waals surface area contributed by atoms with E-state index in [2.05, 4.69) is 33.8 Å². The Morgan fingerprint density at radius 1 is 1.00 bits per heavy atom. The molecule has 1 radical (unpaired) electrons. The number of rotatable bonds is 1. The molecule has 69 valence electrons. The molecule has 2 heteroatoms. The quantitative estimate of drug-likeness (QED) is 0.760. The molecular weight excluding hydrogens is 235 g/mol. The van der Waals surface area contributed by atoms with Crippen LogP contribution in [0.1, 0.15) is 27.8 Å². The predicted molar refractivity (Wildman–Crippen MR) is 52.1 cm³/mol. The molecule has 1 aromatic rings. The molecule has 13 heavy (non-hydrogen) atoms. The van der Waals surface area contributed by atoms with E-state index in [1.807, 2.05) is 0 Å². The van der Waals surface area contributed by atoms with E-state index < -0.39 is 0 Å². The van der Waals surface area contributed by atoms with Crippen molar-refractivity contribution < 1.29 is 32.7 Å². The predicted octanol–water partition coefficient (Wildman–Crippen LogP) is 2.18. The Morgan fingerprint density at radius 3 is 2.00 bits per heavy atom. The molecule has 0 saturated carbocycles. The Balaban J connectivity index is 0.00000144. The summed E-state index contributed by atoms with van der Waals surface area (Å²) in [4.78, 5) is 0. The first-order valence-electron chi connectivity index (χ1n) is 4.26. The molecule has 0 unspecified atom stereocenters. The molecule has 0 amide bonds. The minimum absolute atomic E-state index is 0. The van der Waals surface area contributed by atoms with Crippen molar-refractivity contribution in [2.24, 2.45) is 5.73 Å². The molecular formula is C11H16NY-. The van der Waals surface area contributed by atoms with Crippen molar-refractivity contribution in [2.75, 3.05) is 0 Å². The summed E-state index contributed by atoms with van der Waals surface area (Å²) < 4.78 is 0. The maximum atomic E-state index is 5.65. The van der Waals surface area contributed by atoms with Crippen LogP contribution in [0.3, 0.4) is 0 Å². The van der Waals surface area contributed by atoms with Gasteiger partial charge >= 0.3 is 0 Å². The summed E-state index contributed by atoms with van der Waals surface area (Å²) in [5, 5.41) is 0. The van der Waals surface area contributed by atoms with Crippen LogP contribution in [0.25, 0.3) is 0 Å². The van der Waals surface area contributed by atoms with Gasteiger partial charge in [-0.25, -0.2) is 0 Å². The maximum Gasteiger partial charge on any atom is 0 e. The summed E-state index contributed by atoms with van der Waals surface area (Å²) in [6, 6.07) is 3.32.